The van der Waals surface area contributed by atoms with Gasteiger partial charge < -0.3 is 20.0 Å². The van der Waals surface area contributed by atoms with Crippen LogP contribution in [0.5, 0.6) is 0 Å². The molecule has 0 spiro atoms. The maximum Gasteiger partial charge on any atom is 0.225 e. The highest BCUT2D eigenvalue weighted by molar-refractivity contribution is 7.88. The molecule has 1 amide bonds. The van der Waals surface area contributed by atoms with E-state index in [1.807, 2.05) is 7.05 Å². The first-order valence-electron chi connectivity index (χ1n) is 7.93. The lowest BCUT2D eigenvalue weighted by atomic mass is 9.87. The predicted octanol–water partition coefficient (Wildman–Crippen LogP) is -1.80. The molecule has 0 aromatic heterocycles. The van der Waals surface area contributed by atoms with Gasteiger partial charge in [0, 0.05) is 25.6 Å². The van der Waals surface area contributed by atoms with Crippen LogP contribution in [-0.2, 0) is 14.8 Å². The molecule has 0 aromatic carbocycles. The van der Waals surface area contributed by atoms with Crippen LogP contribution in [0.2, 0.25) is 0 Å². The van der Waals surface area contributed by atoms with Crippen molar-refractivity contribution in [3.05, 3.63) is 0 Å². The standard InChI is InChI=1S/C14H27N3O5S/c1-16-6-3-11(4-7-16)13(19)17-8-5-14(20,12(18)9-17)10-15-23(2,21)22/h11-12,15,18,20H,3-10H2,1-2H3/t12-,14-/m1/s1. The van der Waals surface area contributed by atoms with Crippen molar-refractivity contribution in [2.24, 2.45) is 5.92 Å². The Balaban J connectivity index is 1.91. The highest BCUT2D eigenvalue weighted by atomic mass is 32.2. The zero-order chi connectivity index (χ0) is 17.3. The quantitative estimate of drug-likeness (QED) is 0.552. The molecule has 0 saturated carbocycles. The van der Waals surface area contributed by atoms with Gasteiger partial charge in [0.1, 0.15) is 11.7 Å². The second-order valence-corrected chi connectivity index (χ2v) is 8.66. The summed E-state index contributed by atoms with van der Waals surface area (Å²) < 4.78 is 24.5. The number of rotatable bonds is 4. The lowest BCUT2D eigenvalue weighted by Gasteiger charge is -2.43. The molecule has 2 fully saturated rings. The molecule has 0 bridgehead atoms. The molecular formula is C14H27N3O5S. The number of aliphatic hydroxyl groups excluding tert-OH is 1. The maximum atomic E-state index is 12.5. The van der Waals surface area contributed by atoms with E-state index in [-0.39, 0.29) is 31.3 Å². The van der Waals surface area contributed by atoms with Gasteiger partial charge in [-0.1, -0.05) is 0 Å². The van der Waals surface area contributed by atoms with Crippen molar-refractivity contribution >= 4 is 15.9 Å². The molecule has 2 heterocycles. The molecule has 2 atom stereocenters. The zero-order valence-corrected chi connectivity index (χ0v) is 14.5. The van der Waals surface area contributed by atoms with Gasteiger partial charge >= 0.3 is 0 Å². The predicted molar refractivity (Wildman–Crippen MR) is 85.2 cm³/mol. The van der Waals surface area contributed by atoms with E-state index in [0.717, 1.165) is 32.2 Å². The monoisotopic (exact) mass is 349 g/mol. The Morgan fingerprint density at radius 1 is 1.30 bits per heavy atom. The molecule has 0 aliphatic carbocycles. The Hall–Kier alpha value is -0.740. The van der Waals surface area contributed by atoms with Gasteiger partial charge in [-0.25, -0.2) is 13.1 Å². The molecular weight excluding hydrogens is 322 g/mol. The van der Waals surface area contributed by atoms with Gasteiger partial charge in [0.25, 0.3) is 0 Å². The number of likely N-dealkylation sites (tertiary alicyclic amines) is 2. The number of β-amino-alcohol motifs (C(OH)–C–C–N with tert-alkyl or cyclic N) is 1. The van der Waals surface area contributed by atoms with Gasteiger partial charge in [0.05, 0.1) is 6.26 Å². The number of aliphatic hydroxyl groups is 2. The van der Waals surface area contributed by atoms with Crippen LogP contribution in [0, 0.1) is 5.92 Å². The fourth-order valence-electron chi connectivity index (χ4n) is 3.14. The average molecular weight is 349 g/mol. The minimum absolute atomic E-state index is 0.0234. The first-order valence-corrected chi connectivity index (χ1v) is 9.82. The van der Waals surface area contributed by atoms with Gasteiger partial charge in [-0.3, -0.25) is 4.79 Å². The molecule has 23 heavy (non-hydrogen) atoms. The fourth-order valence-corrected chi connectivity index (χ4v) is 3.65. The molecule has 9 heteroatoms. The van der Waals surface area contributed by atoms with E-state index >= 15 is 0 Å². The molecule has 2 saturated heterocycles. The summed E-state index contributed by atoms with van der Waals surface area (Å²) in [5.74, 6) is -0.00555. The van der Waals surface area contributed by atoms with Gasteiger partial charge in [-0.2, -0.15) is 0 Å². The van der Waals surface area contributed by atoms with Crippen LogP contribution >= 0.6 is 0 Å². The van der Waals surface area contributed by atoms with Crippen LogP contribution in [0.15, 0.2) is 0 Å². The van der Waals surface area contributed by atoms with E-state index in [9.17, 15) is 23.4 Å². The highest BCUT2D eigenvalue weighted by Crippen LogP contribution is 2.26. The largest absolute Gasteiger partial charge is 0.388 e. The van der Waals surface area contributed by atoms with Crippen LogP contribution in [0.4, 0.5) is 0 Å². The first kappa shape index (κ1) is 18.6. The van der Waals surface area contributed by atoms with Crippen LogP contribution in [0.1, 0.15) is 19.3 Å². The smallest absolute Gasteiger partial charge is 0.225 e. The summed E-state index contributed by atoms with van der Waals surface area (Å²) in [6, 6.07) is 0. The molecule has 0 aromatic rings. The van der Waals surface area contributed by atoms with Gasteiger partial charge in [-0.15, -0.1) is 0 Å². The molecule has 0 radical (unpaired) electrons. The summed E-state index contributed by atoms with van der Waals surface area (Å²) in [6.45, 7) is 1.88. The Morgan fingerprint density at radius 2 is 1.91 bits per heavy atom. The van der Waals surface area contributed by atoms with E-state index in [4.69, 9.17) is 0 Å². The number of hydrogen-bond acceptors (Lipinski definition) is 6. The van der Waals surface area contributed by atoms with Crippen molar-refractivity contribution < 1.29 is 23.4 Å². The Labute approximate surface area is 137 Å². The van der Waals surface area contributed by atoms with Crippen LogP contribution < -0.4 is 4.72 Å². The SMILES string of the molecule is CN1CCC(C(=O)N2CC[C@@](O)(CNS(C)(=O)=O)[C@H](O)C2)CC1. The molecule has 8 nitrogen and oxygen atoms in total. The molecule has 0 unspecified atom stereocenters. The summed E-state index contributed by atoms with van der Waals surface area (Å²) in [5.41, 5.74) is -1.54. The number of piperidine rings is 2. The van der Waals surface area contributed by atoms with Crippen LogP contribution in [0.25, 0.3) is 0 Å². The molecule has 134 valence electrons. The summed E-state index contributed by atoms with van der Waals surface area (Å²) in [6.07, 6.45) is 1.60. The van der Waals surface area contributed by atoms with E-state index in [0.29, 0.717) is 6.54 Å². The number of amides is 1. The topological polar surface area (TPSA) is 110 Å². The maximum absolute atomic E-state index is 12.5. The van der Waals surface area contributed by atoms with Crippen molar-refractivity contribution in [2.45, 2.75) is 31.0 Å². The van der Waals surface area contributed by atoms with Crippen molar-refractivity contribution in [1.82, 2.24) is 14.5 Å². The third-order valence-corrected chi connectivity index (χ3v) is 5.52. The average Bonchev–Trinajstić information content (AvgIpc) is 2.48. The second kappa shape index (κ2) is 7.02. The third kappa shape index (κ3) is 4.87. The van der Waals surface area contributed by atoms with Gasteiger partial charge in [0.15, 0.2) is 0 Å². The van der Waals surface area contributed by atoms with E-state index < -0.39 is 21.7 Å². The van der Waals surface area contributed by atoms with Crippen molar-refractivity contribution in [3.8, 4) is 0 Å². The Morgan fingerprint density at radius 3 is 2.43 bits per heavy atom. The lowest BCUT2D eigenvalue weighted by molar-refractivity contribution is -0.153. The van der Waals surface area contributed by atoms with Crippen LogP contribution in [0.3, 0.4) is 0 Å². The summed E-state index contributed by atoms with van der Waals surface area (Å²) in [4.78, 5) is 16.3. The fraction of sp³-hybridized carbons (Fsp3) is 0.929. The van der Waals surface area contributed by atoms with Crippen molar-refractivity contribution in [2.75, 3.05) is 46.0 Å². The normalized spacial score (nSPS) is 31.3. The molecule has 2 aliphatic heterocycles. The minimum Gasteiger partial charge on any atom is -0.388 e. The summed E-state index contributed by atoms with van der Waals surface area (Å²) >= 11 is 0. The minimum atomic E-state index is -3.44. The molecule has 2 aliphatic rings. The number of carbonyl (C=O) groups is 1. The number of sulfonamides is 1. The van der Waals surface area contributed by atoms with Gasteiger partial charge in [0.2, 0.25) is 15.9 Å². The number of nitrogens with zero attached hydrogens (tertiary/aromatic N) is 2. The molecule has 2 rings (SSSR count). The van der Waals surface area contributed by atoms with E-state index in [1.165, 1.54) is 0 Å². The Kier molecular flexibility index (Phi) is 5.68. The summed E-state index contributed by atoms with van der Waals surface area (Å²) in [7, 11) is -1.42. The van der Waals surface area contributed by atoms with Crippen LogP contribution in [-0.4, -0.2) is 92.1 Å². The Bertz CT molecular complexity index is 533. The zero-order valence-electron chi connectivity index (χ0n) is 13.7. The van der Waals surface area contributed by atoms with Crippen molar-refractivity contribution in [1.29, 1.82) is 0 Å². The summed E-state index contributed by atoms with van der Waals surface area (Å²) in [5, 5.41) is 20.6. The third-order valence-electron chi connectivity index (χ3n) is 4.85. The number of carbonyl (C=O) groups excluding carboxylic acids is 1. The number of hydrogen-bond donors (Lipinski definition) is 3. The van der Waals surface area contributed by atoms with Gasteiger partial charge in [-0.05, 0) is 39.4 Å². The second-order valence-electron chi connectivity index (χ2n) is 6.82. The van der Waals surface area contributed by atoms with E-state index in [1.54, 1.807) is 4.90 Å². The first-order chi connectivity index (χ1) is 10.6. The van der Waals surface area contributed by atoms with E-state index in [2.05, 4.69) is 9.62 Å². The molecule has 3 N–H and O–H groups in total. The highest BCUT2D eigenvalue weighted by Gasteiger charge is 2.43. The van der Waals surface area contributed by atoms with Crippen molar-refractivity contribution in [3.63, 3.8) is 0 Å². The number of nitrogens with one attached hydrogen (secondary N) is 1. The lowest BCUT2D eigenvalue weighted by Crippen LogP contribution is -2.61.